The van der Waals surface area contributed by atoms with Crippen LogP contribution in [0.25, 0.3) is 0 Å². The summed E-state index contributed by atoms with van der Waals surface area (Å²) in [4.78, 5) is 24.7. The van der Waals surface area contributed by atoms with E-state index in [1.807, 2.05) is 6.07 Å². The topological polar surface area (TPSA) is 90.0 Å². The lowest BCUT2D eigenvalue weighted by Gasteiger charge is -2.29. The van der Waals surface area contributed by atoms with Crippen molar-refractivity contribution in [3.8, 4) is 0 Å². The van der Waals surface area contributed by atoms with Crippen LogP contribution >= 0.6 is 0 Å². The highest BCUT2D eigenvalue weighted by Gasteiger charge is 2.29. The van der Waals surface area contributed by atoms with Gasteiger partial charge in [-0.05, 0) is 58.4 Å². The maximum atomic E-state index is 12.5. The maximum Gasteiger partial charge on any atom is 0.267 e. The first-order valence-electron chi connectivity index (χ1n) is 9.36. The molecule has 26 heavy (non-hydrogen) atoms. The van der Waals surface area contributed by atoms with Gasteiger partial charge in [-0.2, -0.15) is 5.10 Å². The van der Waals surface area contributed by atoms with Gasteiger partial charge in [-0.25, -0.2) is 4.68 Å². The molecule has 2 aromatic rings. The third-order valence-electron chi connectivity index (χ3n) is 5.48. The van der Waals surface area contributed by atoms with Crippen LogP contribution < -0.4 is 10.9 Å². The van der Waals surface area contributed by atoms with E-state index in [0.29, 0.717) is 22.9 Å². The van der Waals surface area contributed by atoms with Gasteiger partial charge in [-0.3, -0.25) is 9.59 Å². The summed E-state index contributed by atoms with van der Waals surface area (Å²) in [5, 5.41) is 11.5. The van der Waals surface area contributed by atoms with Crippen LogP contribution in [0.1, 0.15) is 78.0 Å². The molecular formula is C19H24N4O3. The number of hydrogen-bond acceptors (Lipinski definition) is 5. The Morgan fingerprint density at radius 1 is 1.15 bits per heavy atom. The fraction of sp³-hybridized carbons (Fsp3) is 0.579. The third kappa shape index (κ3) is 3.30. The predicted molar refractivity (Wildman–Crippen MR) is 95.2 cm³/mol. The second-order valence-electron chi connectivity index (χ2n) is 7.49. The molecule has 2 aliphatic carbocycles. The first-order chi connectivity index (χ1) is 12.5. The van der Waals surface area contributed by atoms with E-state index in [4.69, 9.17) is 4.52 Å². The molecule has 2 aliphatic rings. The van der Waals surface area contributed by atoms with Crippen LogP contribution in [0.15, 0.2) is 21.5 Å². The molecule has 0 unspecified atom stereocenters. The Kier molecular flexibility index (Phi) is 4.38. The lowest BCUT2D eigenvalue weighted by molar-refractivity contribution is 0.0919. The molecule has 0 aliphatic heterocycles. The number of rotatable bonds is 4. The van der Waals surface area contributed by atoms with E-state index in [1.165, 1.54) is 12.8 Å². The van der Waals surface area contributed by atoms with Gasteiger partial charge < -0.3 is 9.84 Å². The molecule has 4 rings (SSSR count). The van der Waals surface area contributed by atoms with Crippen LogP contribution in [0.5, 0.6) is 0 Å². The number of carbonyl (C=O) groups excluding carboxylic acids is 1. The molecule has 2 aromatic heterocycles. The zero-order valence-corrected chi connectivity index (χ0v) is 15.2. The summed E-state index contributed by atoms with van der Waals surface area (Å²) in [7, 11) is 0. The van der Waals surface area contributed by atoms with E-state index in [9.17, 15) is 9.59 Å². The molecule has 7 nitrogen and oxygen atoms in total. The smallest absolute Gasteiger partial charge is 0.267 e. The molecule has 7 heteroatoms. The Morgan fingerprint density at radius 3 is 2.50 bits per heavy atom. The molecule has 0 radical (unpaired) electrons. The first kappa shape index (κ1) is 17.0. The number of nitrogens with one attached hydrogen (secondary N) is 1. The van der Waals surface area contributed by atoms with Gasteiger partial charge in [0.2, 0.25) is 0 Å². The standard InChI is InChI=1S/C19H24N4O3/c1-11-18(12(2)26-22-11)19(25)20-14-5-7-15(8-6-14)23-17(24)10-9-16(21-23)13-3-4-13/h9-10,13-15H,3-8H2,1-2H3,(H,20,25). The van der Waals surface area contributed by atoms with Crippen LogP contribution in [0.2, 0.25) is 0 Å². The average molecular weight is 356 g/mol. The number of aromatic nitrogens is 3. The molecule has 0 aromatic carbocycles. The van der Waals surface area contributed by atoms with Crippen molar-refractivity contribution in [2.45, 2.75) is 70.4 Å². The summed E-state index contributed by atoms with van der Waals surface area (Å²) in [6.45, 7) is 3.52. The van der Waals surface area contributed by atoms with Crippen molar-refractivity contribution < 1.29 is 9.32 Å². The van der Waals surface area contributed by atoms with Crippen molar-refractivity contribution in [2.24, 2.45) is 0 Å². The zero-order valence-electron chi connectivity index (χ0n) is 15.2. The van der Waals surface area contributed by atoms with Gasteiger partial charge in [-0.1, -0.05) is 5.16 Å². The molecule has 0 bridgehead atoms. The fourth-order valence-electron chi connectivity index (χ4n) is 3.83. The highest BCUT2D eigenvalue weighted by atomic mass is 16.5. The Balaban J connectivity index is 1.39. The van der Waals surface area contributed by atoms with E-state index in [2.05, 4.69) is 15.6 Å². The molecule has 0 atom stereocenters. The van der Waals surface area contributed by atoms with Crippen LogP contribution in [-0.2, 0) is 0 Å². The highest BCUT2D eigenvalue weighted by Crippen LogP contribution is 2.38. The predicted octanol–water partition coefficient (Wildman–Crippen LogP) is 2.64. The SMILES string of the molecule is Cc1noc(C)c1C(=O)NC1CCC(n2nc(C3CC3)ccc2=O)CC1. The van der Waals surface area contributed by atoms with Crippen molar-refractivity contribution >= 4 is 5.91 Å². The van der Waals surface area contributed by atoms with E-state index in [0.717, 1.165) is 31.4 Å². The summed E-state index contributed by atoms with van der Waals surface area (Å²) in [6, 6.07) is 3.74. The van der Waals surface area contributed by atoms with Gasteiger partial charge in [0.25, 0.3) is 11.5 Å². The van der Waals surface area contributed by atoms with E-state index >= 15 is 0 Å². The quantitative estimate of drug-likeness (QED) is 0.909. The molecule has 1 amide bonds. The van der Waals surface area contributed by atoms with E-state index < -0.39 is 0 Å². The van der Waals surface area contributed by atoms with Crippen molar-refractivity contribution in [3.05, 3.63) is 45.2 Å². The molecule has 2 saturated carbocycles. The lowest BCUT2D eigenvalue weighted by atomic mass is 9.91. The van der Waals surface area contributed by atoms with Crippen molar-refractivity contribution in [3.63, 3.8) is 0 Å². The second-order valence-corrected chi connectivity index (χ2v) is 7.49. The normalized spacial score (nSPS) is 23.0. The second kappa shape index (κ2) is 6.70. The van der Waals surface area contributed by atoms with Gasteiger partial charge in [0.05, 0.1) is 17.4 Å². The Hall–Kier alpha value is -2.44. The van der Waals surface area contributed by atoms with E-state index in [-0.39, 0.29) is 23.6 Å². The van der Waals surface area contributed by atoms with Crippen molar-refractivity contribution in [1.82, 2.24) is 20.3 Å². The Morgan fingerprint density at radius 2 is 1.88 bits per heavy atom. The summed E-state index contributed by atoms with van der Waals surface area (Å²) in [6.07, 6.45) is 5.70. The molecular weight excluding hydrogens is 332 g/mol. The number of nitrogens with zero attached hydrogens (tertiary/aromatic N) is 3. The van der Waals surface area contributed by atoms with Crippen molar-refractivity contribution in [1.29, 1.82) is 0 Å². The number of aryl methyl sites for hydroxylation is 2. The lowest BCUT2D eigenvalue weighted by Crippen LogP contribution is -2.40. The monoisotopic (exact) mass is 356 g/mol. The minimum absolute atomic E-state index is 0.0300. The average Bonchev–Trinajstić information content (AvgIpc) is 3.41. The van der Waals surface area contributed by atoms with Gasteiger partial charge in [-0.15, -0.1) is 0 Å². The molecule has 0 spiro atoms. The van der Waals surface area contributed by atoms with Gasteiger partial charge in [0, 0.05) is 18.0 Å². The molecule has 138 valence electrons. The van der Waals surface area contributed by atoms with Gasteiger partial charge >= 0.3 is 0 Å². The van der Waals surface area contributed by atoms with Crippen LogP contribution in [0, 0.1) is 13.8 Å². The van der Waals surface area contributed by atoms with Crippen molar-refractivity contribution in [2.75, 3.05) is 0 Å². The summed E-state index contributed by atoms with van der Waals surface area (Å²) < 4.78 is 6.74. The first-order valence-corrected chi connectivity index (χ1v) is 9.36. The summed E-state index contributed by atoms with van der Waals surface area (Å²) in [5.74, 6) is 0.949. The zero-order chi connectivity index (χ0) is 18.3. The Labute approximate surface area is 151 Å². The maximum absolute atomic E-state index is 12.5. The molecule has 0 saturated heterocycles. The van der Waals surface area contributed by atoms with Gasteiger partial charge in [0.1, 0.15) is 11.3 Å². The van der Waals surface area contributed by atoms with Crippen LogP contribution in [0.3, 0.4) is 0 Å². The van der Waals surface area contributed by atoms with Gasteiger partial charge in [0.15, 0.2) is 0 Å². The number of hydrogen-bond donors (Lipinski definition) is 1. The highest BCUT2D eigenvalue weighted by molar-refractivity contribution is 5.96. The minimum atomic E-state index is -0.129. The molecule has 1 N–H and O–H groups in total. The molecule has 2 heterocycles. The molecule has 2 fully saturated rings. The number of carbonyl (C=O) groups is 1. The summed E-state index contributed by atoms with van der Waals surface area (Å²) in [5.41, 5.74) is 2.15. The van der Waals surface area contributed by atoms with E-state index in [1.54, 1.807) is 24.6 Å². The summed E-state index contributed by atoms with van der Waals surface area (Å²) >= 11 is 0. The Bertz CT molecular complexity index is 854. The number of amides is 1. The fourth-order valence-corrected chi connectivity index (χ4v) is 3.83. The van der Waals surface area contributed by atoms with Crippen LogP contribution in [0.4, 0.5) is 0 Å². The third-order valence-corrected chi connectivity index (χ3v) is 5.48. The van der Waals surface area contributed by atoms with Crippen LogP contribution in [-0.4, -0.2) is 26.9 Å². The minimum Gasteiger partial charge on any atom is -0.361 e. The largest absolute Gasteiger partial charge is 0.361 e.